The minimum Gasteiger partial charge on any atom is -0.465 e. The number of carboxylic acid groups (broad SMARTS) is 1. The summed E-state index contributed by atoms with van der Waals surface area (Å²) in [5.74, 6) is 0.561. The van der Waals surface area contributed by atoms with Crippen molar-refractivity contribution >= 4 is 17.1 Å². The van der Waals surface area contributed by atoms with Crippen LogP contribution in [0.1, 0.15) is 29.9 Å². The Hall–Kier alpha value is -2.01. The molecule has 96 valence electrons. The zero-order valence-corrected chi connectivity index (χ0v) is 10.2. The number of fused-ring (bicyclic) bond motifs is 1. The fourth-order valence-corrected chi connectivity index (χ4v) is 1.96. The molecule has 5 heteroatoms. The molecule has 0 aliphatic carbocycles. The lowest BCUT2D eigenvalue weighted by Gasteiger charge is -2.06. The van der Waals surface area contributed by atoms with E-state index in [-0.39, 0.29) is 6.61 Å². The van der Waals surface area contributed by atoms with Crippen LogP contribution in [-0.2, 0) is 6.61 Å². The number of furan rings is 1. The Bertz CT molecular complexity index is 588. The number of amides is 1. The zero-order chi connectivity index (χ0) is 13.3. The van der Waals surface area contributed by atoms with Gasteiger partial charge in [-0.3, -0.25) is 0 Å². The number of aliphatic hydroxyl groups is 1. The predicted molar refractivity (Wildman–Crippen MR) is 66.4 cm³/mol. The van der Waals surface area contributed by atoms with Crippen molar-refractivity contribution in [3.63, 3.8) is 0 Å². The standard InChI is InChI=1S/C13H15NO4/c1-7-9(6-15)3-4-11-10(7)5-12(18-11)8(2)14-13(16)17/h3-5,8,14-15H,6H2,1-2H3,(H,16,17). The normalized spacial score (nSPS) is 12.6. The molecule has 18 heavy (non-hydrogen) atoms. The molecule has 0 saturated heterocycles. The topological polar surface area (TPSA) is 82.7 Å². The van der Waals surface area contributed by atoms with Crippen LogP contribution >= 0.6 is 0 Å². The van der Waals surface area contributed by atoms with Crippen LogP contribution in [0.3, 0.4) is 0 Å². The molecule has 0 radical (unpaired) electrons. The number of aryl methyl sites for hydroxylation is 1. The number of carbonyl (C=O) groups is 1. The van der Waals surface area contributed by atoms with E-state index in [0.29, 0.717) is 11.3 Å². The van der Waals surface area contributed by atoms with Crippen LogP contribution < -0.4 is 5.32 Å². The van der Waals surface area contributed by atoms with E-state index in [4.69, 9.17) is 9.52 Å². The van der Waals surface area contributed by atoms with Gasteiger partial charge in [-0.2, -0.15) is 0 Å². The van der Waals surface area contributed by atoms with Crippen LogP contribution in [0.25, 0.3) is 11.0 Å². The zero-order valence-electron chi connectivity index (χ0n) is 10.2. The van der Waals surface area contributed by atoms with Gasteiger partial charge in [0.05, 0.1) is 12.6 Å². The lowest BCUT2D eigenvalue weighted by atomic mass is 10.0. The monoisotopic (exact) mass is 249 g/mol. The van der Waals surface area contributed by atoms with Crippen molar-refractivity contribution in [2.45, 2.75) is 26.5 Å². The van der Waals surface area contributed by atoms with Gasteiger partial charge in [0, 0.05) is 5.39 Å². The van der Waals surface area contributed by atoms with E-state index in [1.54, 1.807) is 19.1 Å². The molecule has 1 aromatic carbocycles. The molecule has 1 atom stereocenters. The first-order chi connectivity index (χ1) is 8.52. The molecular formula is C13H15NO4. The average Bonchev–Trinajstić information content (AvgIpc) is 2.73. The van der Waals surface area contributed by atoms with Crippen LogP contribution in [0.5, 0.6) is 0 Å². The molecule has 3 N–H and O–H groups in total. The van der Waals surface area contributed by atoms with E-state index >= 15 is 0 Å². The third kappa shape index (κ3) is 2.17. The fraction of sp³-hybridized carbons (Fsp3) is 0.308. The number of hydrogen-bond donors (Lipinski definition) is 3. The van der Waals surface area contributed by atoms with Crippen molar-refractivity contribution in [2.75, 3.05) is 0 Å². The van der Waals surface area contributed by atoms with Crippen LogP contribution in [0, 0.1) is 6.92 Å². The van der Waals surface area contributed by atoms with E-state index in [0.717, 1.165) is 16.5 Å². The minimum atomic E-state index is -1.09. The van der Waals surface area contributed by atoms with Crippen molar-refractivity contribution in [2.24, 2.45) is 0 Å². The highest BCUT2D eigenvalue weighted by atomic mass is 16.4. The number of benzene rings is 1. The Labute approximate surface area is 104 Å². The second-order valence-corrected chi connectivity index (χ2v) is 4.24. The van der Waals surface area contributed by atoms with Crippen LogP contribution in [0.4, 0.5) is 4.79 Å². The molecule has 1 aromatic heterocycles. The number of nitrogens with one attached hydrogen (secondary N) is 1. The molecule has 0 aliphatic rings. The smallest absolute Gasteiger partial charge is 0.405 e. The van der Waals surface area contributed by atoms with Gasteiger partial charge < -0.3 is 19.9 Å². The summed E-state index contributed by atoms with van der Waals surface area (Å²) in [5, 5.41) is 21.1. The van der Waals surface area contributed by atoms with Crippen molar-refractivity contribution < 1.29 is 19.4 Å². The van der Waals surface area contributed by atoms with E-state index in [1.807, 2.05) is 13.0 Å². The molecule has 2 aromatic rings. The van der Waals surface area contributed by atoms with E-state index < -0.39 is 12.1 Å². The van der Waals surface area contributed by atoms with E-state index in [1.165, 1.54) is 0 Å². The highest BCUT2D eigenvalue weighted by molar-refractivity contribution is 5.83. The number of hydrogen-bond acceptors (Lipinski definition) is 3. The molecule has 1 amide bonds. The summed E-state index contributed by atoms with van der Waals surface area (Å²) in [5.41, 5.74) is 2.49. The summed E-state index contributed by atoms with van der Waals surface area (Å²) < 4.78 is 5.60. The van der Waals surface area contributed by atoms with Gasteiger partial charge in [0.25, 0.3) is 0 Å². The lowest BCUT2D eigenvalue weighted by molar-refractivity contribution is 0.189. The summed E-state index contributed by atoms with van der Waals surface area (Å²) in [7, 11) is 0. The minimum absolute atomic E-state index is 0.0226. The van der Waals surface area contributed by atoms with Gasteiger partial charge in [-0.05, 0) is 37.1 Å². The van der Waals surface area contributed by atoms with Crippen molar-refractivity contribution in [1.29, 1.82) is 0 Å². The third-order valence-corrected chi connectivity index (χ3v) is 3.04. The summed E-state index contributed by atoms with van der Waals surface area (Å²) in [6.45, 7) is 3.60. The summed E-state index contributed by atoms with van der Waals surface area (Å²) >= 11 is 0. The highest BCUT2D eigenvalue weighted by Crippen LogP contribution is 2.28. The maximum absolute atomic E-state index is 10.6. The largest absolute Gasteiger partial charge is 0.465 e. The molecule has 1 heterocycles. The highest BCUT2D eigenvalue weighted by Gasteiger charge is 2.15. The Balaban J connectivity index is 2.44. The molecule has 0 aliphatic heterocycles. The van der Waals surface area contributed by atoms with Gasteiger partial charge in [-0.1, -0.05) is 6.07 Å². The van der Waals surface area contributed by atoms with Gasteiger partial charge in [-0.15, -0.1) is 0 Å². The van der Waals surface area contributed by atoms with Crippen molar-refractivity contribution in [3.05, 3.63) is 35.1 Å². The van der Waals surface area contributed by atoms with Crippen molar-refractivity contribution in [3.8, 4) is 0 Å². The Morgan fingerprint density at radius 2 is 2.22 bits per heavy atom. The van der Waals surface area contributed by atoms with E-state index in [9.17, 15) is 9.90 Å². The maximum atomic E-state index is 10.6. The quantitative estimate of drug-likeness (QED) is 0.780. The second-order valence-electron chi connectivity index (χ2n) is 4.24. The summed E-state index contributed by atoms with van der Waals surface area (Å²) in [4.78, 5) is 10.6. The number of rotatable bonds is 3. The van der Waals surface area contributed by atoms with Crippen LogP contribution in [-0.4, -0.2) is 16.3 Å². The molecular weight excluding hydrogens is 234 g/mol. The van der Waals surface area contributed by atoms with E-state index in [2.05, 4.69) is 5.32 Å². The van der Waals surface area contributed by atoms with Crippen LogP contribution in [0.15, 0.2) is 22.6 Å². The molecule has 1 unspecified atom stereocenters. The third-order valence-electron chi connectivity index (χ3n) is 3.04. The Kier molecular flexibility index (Phi) is 3.25. The molecule has 0 bridgehead atoms. The van der Waals surface area contributed by atoms with Gasteiger partial charge in [0.2, 0.25) is 0 Å². The van der Waals surface area contributed by atoms with Gasteiger partial charge in [0.1, 0.15) is 11.3 Å². The molecule has 2 rings (SSSR count). The van der Waals surface area contributed by atoms with Crippen LogP contribution in [0.2, 0.25) is 0 Å². The molecule has 0 fully saturated rings. The first kappa shape index (κ1) is 12.4. The Morgan fingerprint density at radius 1 is 1.50 bits per heavy atom. The van der Waals surface area contributed by atoms with Gasteiger partial charge in [0.15, 0.2) is 0 Å². The first-order valence-electron chi connectivity index (χ1n) is 5.65. The fourth-order valence-electron chi connectivity index (χ4n) is 1.96. The number of aliphatic hydroxyl groups excluding tert-OH is 1. The SMILES string of the molecule is Cc1c(CO)ccc2oc(C(C)NC(=O)O)cc12. The first-order valence-corrected chi connectivity index (χ1v) is 5.65. The second kappa shape index (κ2) is 4.70. The van der Waals surface area contributed by atoms with Gasteiger partial charge >= 0.3 is 6.09 Å². The molecule has 5 nitrogen and oxygen atoms in total. The van der Waals surface area contributed by atoms with Gasteiger partial charge in [-0.25, -0.2) is 4.79 Å². The molecule has 0 saturated carbocycles. The lowest BCUT2D eigenvalue weighted by Crippen LogP contribution is -2.23. The van der Waals surface area contributed by atoms with Crippen molar-refractivity contribution in [1.82, 2.24) is 5.32 Å². The summed E-state index contributed by atoms with van der Waals surface area (Å²) in [6, 6.07) is 4.99. The predicted octanol–water partition coefficient (Wildman–Crippen LogP) is 2.56. The average molecular weight is 249 g/mol. The Morgan fingerprint density at radius 3 is 2.83 bits per heavy atom. The maximum Gasteiger partial charge on any atom is 0.405 e. The summed E-state index contributed by atoms with van der Waals surface area (Å²) in [6.07, 6.45) is -1.09. The molecule has 0 spiro atoms.